The Morgan fingerprint density at radius 1 is 0.632 bits per heavy atom. The van der Waals surface area contributed by atoms with Crippen molar-refractivity contribution in [3.63, 3.8) is 0 Å². The van der Waals surface area contributed by atoms with Crippen LogP contribution in [0.15, 0.2) is 58.1 Å². The van der Waals surface area contributed by atoms with Gasteiger partial charge in [0.1, 0.15) is 22.3 Å². The highest BCUT2D eigenvalue weighted by atomic mass is 19.1. The molecule has 0 saturated heterocycles. The number of hydrogen-bond acceptors (Lipinski definition) is 6. The maximum absolute atomic E-state index is 15.0. The smallest absolute Gasteiger partial charge is 0.264 e. The van der Waals surface area contributed by atoms with Crippen LogP contribution in [0.3, 0.4) is 0 Å². The molecule has 4 aromatic heterocycles. The molecule has 0 bridgehead atoms. The van der Waals surface area contributed by atoms with Crippen molar-refractivity contribution in [3.8, 4) is 12.1 Å². The molecule has 0 unspecified atom stereocenters. The molecule has 0 spiro atoms. The molecular weight excluding hydrogens is 490 g/mol. The Balaban J connectivity index is 1.65. The topological polar surface area (TPSA) is 116 Å². The van der Waals surface area contributed by atoms with E-state index in [1.54, 1.807) is 12.1 Å². The Morgan fingerprint density at radius 3 is 1.42 bits per heavy atom. The molecule has 8 aromatic rings. The van der Waals surface area contributed by atoms with Crippen molar-refractivity contribution in [1.29, 1.82) is 10.5 Å². The second-order valence-electron chi connectivity index (χ2n) is 9.10. The lowest BCUT2D eigenvalue weighted by atomic mass is 9.96. The highest BCUT2D eigenvalue weighted by Crippen LogP contribution is 2.37. The molecule has 0 amide bonds. The summed E-state index contributed by atoms with van der Waals surface area (Å²) in [6.45, 7) is 0. The van der Waals surface area contributed by atoms with Crippen LogP contribution < -0.4 is 11.1 Å². The van der Waals surface area contributed by atoms with Gasteiger partial charge in [0.05, 0.1) is 34.3 Å². The summed E-state index contributed by atoms with van der Waals surface area (Å²) in [6, 6.07) is 15.1. The van der Waals surface area contributed by atoms with Crippen LogP contribution in [-0.2, 0) is 0 Å². The SMILES string of the molecule is N#Cc1cc(F)c2c(c1)nc1c3ccc4c5c(ccc(c(=O)n12)c35)c(=O)n1c4nc2cc(C#N)cc(F)c21. The second kappa shape index (κ2) is 6.52. The van der Waals surface area contributed by atoms with Gasteiger partial charge in [0.15, 0.2) is 11.6 Å². The number of hydrogen-bond donors (Lipinski definition) is 0. The van der Waals surface area contributed by atoms with Crippen molar-refractivity contribution in [2.24, 2.45) is 0 Å². The zero-order valence-electron chi connectivity index (χ0n) is 18.9. The minimum atomic E-state index is -0.747. The molecule has 0 radical (unpaired) electrons. The van der Waals surface area contributed by atoms with Gasteiger partial charge in [-0.15, -0.1) is 0 Å². The summed E-state index contributed by atoms with van der Waals surface area (Å²) in [6.07, 6.45) is 0. The van der Waals surface area contributed by atoms with Gasteiger partial charge in [-0.1, -0.05) is 0 Å². The van der Waals surface area contributed by atoms with Crippen LogP contribution in [-0.4, -0.2) is 18.8 Å². The molecule has 0 atom stereocenters. The Bertz CT molecular complexity index is 2430. The average Bonchev–Trinajstić information content (AvgIpc) is 3.50. The highest BCUT2D eigenvalue weighted by Gasteiger charge is 2.24. The molecule has 0 N–H and O–H groups in total. The molecule has 10 heteroatoms. The third-order valence-electron chi connectivity index (χ3n) is 7.18. The minimum absolute atomic E-state index is 0.0373. The number of halogens is 2. The first-order valence-electron chi connectivity index (χ1n) is 11.4. The number of benzene rings is 4. The van der Waals surface area contributed by atoms with E-state index in [2.05, 4.69) is 9.97 Å². The third kappa shape index (κ3) is 2.21. The number of fused-ring (bicyclic) bond motifs is 8. The van der Waals surface area contributed by atoms with Crippen molar-refractivity contribution < 1.29 is 8.78 Å². The quantitative estimate of drug-likeness (QED) is 0.287. The van der Waals surface area contributed by atoms with E-state index in [4.69, 9.17) is 0 Å². The molecule has 0 aliphatic heterocycles. The zero-order chi connectivity index (χ0) is 26.0. The normalized spacial score (nSPS) is 12.1. The van der Waals surface area contributed by atoms with Crippen molar-refractivity contribution in [3.05, 3.63) is 92.0 Å². The molecular formula is C28H8F2N6O2. The van der Waals surface area contributed by atoms with Crippen molar-refractivity contribution in [1.82, 2.24) is 18.8 Å². The van der Waals surface area contributed by atoms with E-state index in [-0.39, 0.29) is 55.3 Å². The van der Waals surface area contributed by atoms with Crippen molar-refractivity contribution in [2.75, 3.05) is 0 Å². The van der Waals surface area contributed by atoms with E-state index >= 15 is 8.78 Å². The van der Waals surface area contributed by atoms with Crippen LogP contribution in [0.25, 0.3) is 65.7 Å². The van der Waals surface area contributed by atoms with Crippen LogP contribution in [0.5, 0.6) is 0 Å². The fourth-order valence-electron chi connectivity index (χ4n) is 5.67. The van der Waals surface area contributed by atoms with Crippen LogP contribution in [0.4, 0.5) is 8.78 Å². The molecule has 38 heavy (non-hydrogen) atoms. The number of nitriles is 2. The predicted molar refractivity (Wildman–Crippen MR) is 136 cm³/mol. The van der Waals surface area contributed by atoms with Gasteiger partial charge in [-0.2, -0.15) is 10.5 Å². The van der Waals surface area contributed by atoms with Crippen molar-refractivity contribution in [2.45, 2.75) is 0 Å². The summed E-state index contributed by atoms with van der Waals surface area (Å²) in [5.41, 5.74) is -0.301. The fraction of sp³-hybridized carbons (Fsp3) is 0. The van der Waals surface area contributed by atoms with Gasteiger partial charge < -0.3 is 0 Å². The average molecular weight is 498 g/mol. The first kappa shape index (κ1) is 20.5. The van der Waals surface area contributed by atoms with E-state index in [1.165, 1.54) is 33.1 Å². The van der Waals surface area contributed by atoms with E-state index in [1.807, 2.05) is 12.1 Å². The van der Waals surface area contributed by atoms with Crippen molar-refractivity contribution >= 4 is 65.7 Å². The van der Waals surface area contributed by atoms with Gasteiger partial charge >= 0.3 is 0 Å². The zero-order valence-corrected chi connectivity index (χ0v) is 18.9. The number of aromatic nitrogens is 4. The monoisotopic (exact) mass is 498 g/mol. The molecule has 4 heterocycles. The lowest BCUT2D eigenvalue weighted by Crippen LogP contribution is -2.17. The molecule has 4 aromatic carbocycles. The Kier molecular flexibility index (Phi) is 3.51. The van der Waals surface area contributed by atoms with Gasteiger partial charge in [0, 0.05) is 32.3 Å². The van der Waals surface area contributed by atoms with E-state index in [0.717, 1.165) is 12.1 Å². The first-order valence-corrected chi connectivity index (χ1v) is 11.4. The number of pyridine rings is 2. The molecule has 0 fully saturated rings. The van der Waals surface area contributed by atoms with Gasteiger partial charge in [0.2, 0.25) is 0 Å². The van der Waals surface area contributed by atoms with E-state index in [0.29, 0.717) is 21.5 Å². The van der Waals surface area contributed by atoms with Gasteiger partial charge in [0.25, 0.3) is 11.1 Å². The summed E-state index contributed by atoms with van der Waals surface area (Å²) >= 11 is 0. The molecule has 8 rings (SSSR count). The molecule has 176 valence electrons. The minimum Gasteiger partial charge on any atom is -0.268 e. The molecule has 0 aliphatic rings. The molecule has 8 nitrogen and oxygen atoms in total. The maximum Gasteiger partial charge on any atom is 0.264 e. The molecule has 0 aliphatic carbocycles. The van der Waals surface area contributed by atoms with Gasteiger partial charge in [-0.25, -0.2) is 18.7 Å². The standard InChI is InChI=1S/C28H8F2N6O2/c29-17-5-11(9-31)7-19-23(17)35-25(33-19)13-1-2-14-22-16(4-3-15(21(13)22)27(35)37)28(38)36-24-18(30)6-12(10-32)8-20(24)34-26(14)36/h1-8H. The lowest BCUT2D eigenvalue weighted by Gasteiger charge is -2.12. The highest BCUT2D eigenvalue weighted by molar-refractivity contribution is 6.27. The summed E-state index contributed by atoms with van der Waals surface area (Å²) in [5, 5.41) is 20.9. The first-order chi connectivity index (χ1) is 18.4. The number of nitrogens with zero attached hydrogens (tertiary/aromatic N) is 6. The summed E-state index contributed by atoms with van der Waals surface area (Å²) in [7, 11) is 0. The largest absolute Gasteiger partial charge is 0.268 e. The van der Waals surface area contributed by atoms with Crippen LogP contribution in [0.1, 0.15) is 11.1 Å². The lowest BCUT2D eigenvalue weighted by molar-refractivity contribution is 0.635. The predicted octanol–water partition coefficient (Wildman–Crippen LogP) is 4.37. The van der Waals surface area contributed by atoms with Crippen LogP contribution >= 0.6 is 0 Å². The Hall–Kier alpha value is -5.74. The molecule has 0 saturated carbocycles. The second-order valence-corrected chi connectivity index (χ2v) is 9.10. The van der Waals surface area contributed by atoms with Crippen LogP contribution in [0, 0.1) is 34.3 Å². The van der Waals surface area contributed by atoms with Crippen LogP contribution in [0.2, 0.25) is 0 Å². The summed E-state index contributed by atoms with van der Waals surface area (Å²) in [4.78, 5) is 36.4. The van der Waals surface area contributed by atoms with Gasteiger partial charge in [-0.05, 0) is 48.5 Å². The Morgan fingerprint density at radius 2 is 1.03 bits per heavy atom. The number of imidazole rings is 2. The van der Waals surface area contributed by atoms with E-state index in [9.17, 15) is 20.1 Å². The van der Waals surface area contributed by atoms with E-state index < -0.39 is 22.8 Å². The maximum atomic E-state index is 15.0. The fourth-order valence-corrected chi connectivity index (χ4v) is 5.67. The number of rotatable bonds is 0. The third-order valence-corrected chi connectivity index (χ3v) is 7.18. The Labute approximate surface area is 208 Å². The summed E-state index contributed by atoms with van der Waals surface area (Å²) in [5.74, 6) is -1.49. The summed E-state index contributed by atoms with van der Waals surface area (Å²) < 4.78 is 32.4. The van der Waals surface area contributed by atoms with Gasteiger partial charge in [-0.3, -0.25) is 18.4 Å².